The summed E-state index contributed by atoms with van der Waals surface area (Å²) in [6, 6.07) is 12.2. The first kappa shape index (κ1) is 17.5. The van der Waals surface area contributed by atoms with Crippen molar-refractivity contribution < 1.29 is 4.74 Å². The van der Waals surface area contributed by atoms with Crippen LogP contribution in [0.5, 0.6) is 5.75 Å². The highest BCUT2D eigenvalue weighted by Gasteiger charge is 2.21. The average Bonchev–Trinajstić information content (AvgIpc) is 3.38. The lowest BCUT2D eigenvalue weighted by molar-refractivity contribution is 0.379. The summed E-state index contributed by atoms with van der Waals surface area (Å²) < 4.78 is 7.16. The third-order valence-electron chi connectivity index (χ3n) is 5.40. The average molecular weight is 387 g/mol. The van der Waals surface area contributed by atoms with E-state index in [0.717, 1.165) is 45.9 Å². The van der Waals surface area contributed by atoms with Gasteiger partial charge in [-0.2, -0.15) is 14.7 Å². The van der Waals surface area contributed by atoms with Crippen LogP contribution in [-0.2, 0) is 0 Å². The van der Waals surface area contributed by atoms with Crippen molar-refractivity contribution in [2.24, 2.45) is 5.10 Å². The van der Waals surface area contributed by atoms with Crippen molar-refractivity contribution in [1.29, 1.82) is 0 Å². The number of likely N-dealkylation sites (N-methyl/N-ethyl adjacent to an activating group) is 1. The van der Waals surface area contributed by atoms with Crippen molar-refractivity contribution in [3.63, 3.8) is 0 Å². The number of ether oxygens (including phenoxy) is 1. The Balaban J connectivity index is 1.54. The molecule has 1 aliphatic heterocycles. The van der Waals surface area contributed by atoms with Gasteiger partial charge in [-0.1, -0.05) is 13.0 Å². The standard InChI is InChI=1S/C21H21N7O/c1-13(14-4-5-18-15(8-14)9-17(29-3)11-22-18)21-25-24-20-7-6-19(26-28(20)21)16-10-23-27(2)12-16/h4-11,13,16H,12H2,1-3H3/t13-,16?/m1/s1. The molecular formula is C21H21N7O. The van der Waals surface area contributed by atoms with Crippen LogP contribution in [0.4, 0.5) is 0 Å². The fourth-order valence-electron chi connectivity index (χ4n) is 3.69. The molecule has 2 atom stereocenters. The van der Waals surface area contributed by atoms with E-state index >= 15 is 0 Å². The molecule has 4 heterocycles. The van der Waals surface area contributed by atoms with Crippen LogP contribution < -0.4 is 4.74 Å². The van der Waals surface area contributed by atoms with Crippen molar-refractivity contribution >= 4 is 22.8 Å². The van der Waals surface area contributed by atoms with E-state index in [0.29, 0.717) is 0 Å². The minimum Gasteiger partial charge on any atom is -0.495 e. The Kier molecular flexibility index (Phi) is 4.12. The molecule has 146 valence electrons. The molecule has 1 unspecified atom stereocenters. The molecule has 8 nitrogen and oxygen atoms in total. The normalized spacial score (nSPS) is 17.3. The van der Waals surface area contributed by atoms with Gasteiger partial charge >= 0.3 is 0 Å². The third-order valence-corrected chi connectivity index (χ3v) is 5.40. The zero-order valence-electron chi connectivity index (χ0n) is 16.5. The topological polar surface area (TPSA) is 80.8 Å². The summed E-state index contributed by atoms with van der Waals surface area (Å²) >= 11 is 0. The highest BCUT2D eigenvalue weighted by molar-refractivity contribution is 5.80. The molecule has 1 aromatic carbocycles. The van der Waals surface area contributed by atoms with Gasteiger partial charge in [0.25, 0.3) is 0 Å². The lowest BCUT2D eigenvalue weighted by Gasteiger charge is -2.13. The second-order valence-electron chi connectivity index (χ2n) is 7.35. The second kappa shape index (κ2) is 6.80. The van der Waals surface area contributed by atoms with E-state index in [9.17, 15) is 0 Å². The van der Waals surface area contributed by atoms with Gasteiger partial charge in [-0.15, -0.1) is 10.2 Å². The Hall–Kier alpha value is -3.55. The molecular weight excluding hydrogens is 366 g/mol. The molecule has 0 saturated carbocycles. The summed E-state index contributed by atoms with van der Waals surface area (Å²) in [5.41, 5.74) is 3.75. The van der Waals surface area contributed by atoms with E-state index in [-0.39, 0.29) is 11.8 Å². The van der Waals surface area contributed by atoms with E-state index in [1.54, 1.807) is 13.3 Å². The number of aromatic nitrogens is 5. The van der Waals surface area contributed by atoms with Gasteiger partial charge in [0.05, 0.1) is 30.4 Å². The predicted octanol–water partition coefficient (Wildman–Crippen LogP) is 2.85. The molecule has 29 heavy (non-hydrogen) atoms. The van der Waals surface area contributed by atoms with Gasteiger partial charge in [0.2, 0.25) is 0 Å². The van der Waals surface area contributed by atoms with E-state index in [2.05, 4.69) is 39.3 Å². The van der Waals surface area contributed by atoms with Crippen LogP contribution in [0, 0.1) is 0 Å². The van der Waals surface area contributed by atoms with Crippen LogP contribution in [0.25, 0.3) is 16.6 Å². The molecule has 0 spiro atoms. The first-order chi connectivity index (χ1) is 14.1. The van der Waals surface area contributed by atoms with Crippen LogP contribution in [0.15, 0.2) is 47.7 Å². The van der Waals surface area contributed by atoms with Gasteiger partial charge in [0, 0.05) is 31.1 Å². The molecule has 1 aliphatic rings. The molecule has 0 radical (unpaired) electrons. The minimum absolute atomic E-state index is 0.0169. The molecule has 0 saturated heterocycles. The highest BCUT2D eigenvalue weighted by Crippen LogP contribution is 2.27. The Labute approximate surface area is 167 Å². The Morgan fingerprint density at radius 2 is 2.03 bits per heavy atom. The zero-order chi connectivity index (χ0) is 20.0. The number of nitrogens with zero attached hydrogens (tertiary/aromatic N) is 7. The van der Waals surface area contributed by atoms with E-state index in [1.807, 2.05) is 47.1 Å². The van der Waals surface area contributed by atoms with Gasteiger partial charge in [0.15, 0.2) is 11.5 Å². The number of hydrazone groups is 1. The Morgan fingerprint density at radius 3 is 2.83 bits per heavy atom. The molecule has 0 amide bonds. The maximum absolute atomic E-state index is 5.31. The molecule has 0 fully saturated rings. The molecule has 0 bridgehead atoms. The lowest BCUT2D eigenvalue weighted by atomic mass is 9.98. The SMILES string of the molecule is COc1cnc2ccc([C@@H](C)c3nnc4ccc(C5C=NN(C)C5)nn34)cc2c1. The smallest absolute Gasteiger partial charge is 0.177 e. The quantitative estimate of drug-likeness (QED) is 0.536. The number of fused-ring (bicyclic) bond motifs is 2. The molecule has 3 aromatic heterocycles. The fraction of sp³-hybridized carbons (Fsp3) is 0.286. The van der Waals surface area contributed by atoms with Crippen LogP contribution in [0.2, 0.25) is 0 Å². The van der Waals surface area contributed by atoms with Crippen molar-refractivity contribution in [1.82, 2.24) is 29.8 Å². The molecule has 4 aromatic rings. The summed E-state index contributed by atoms with van der Waals surface area (Å²) in [5, 5.41) is 20.8. The zero-order valence-corrected chi connectivity index (χ0v) is 16.5. The highest BCUT2D eigenvalue weighted by atomic mass is 16.5. The summed E-state index contributed by atoms with van der Waals surface area (Å²) in [4.78, 5) is 4.44. The van der Waals surface area contributed by atoms with Gasteiger partial charge in [-0.05, 0) is 35.9 Å². The van der Waals surface area contributed by atoms with Crippen LogP contribution >= 0.6 is 0 Å². The van der Waals surface area contributed by atoms with Gasteiger partial charge in [-0.3, -0.25) is 9.99 Å². The number of hydrogen-bond donors (Lipinski definition) is 0. The lowest BCUT2D eigenvalue weighted by Crippen LogP contribution is -2.15. The van der Waals surface area contributed by atoms with Crippen molar-refractivity contribution in [3.8, 4) is 5.75 Å². The number of pyridine rings is 1. The van der Waals surface area contributed by atoms with Crippen LogP contribution in [-0.4, -0.2) is 56.7 Å². The Morgan fingerprint density at radius 1 is 1.14 bits per heavy atom. The van der Waals surface area contributed by atoms with Gasteiger partial charge in [-0.25, -0.2) is 0 Å². The first-order valence-corrected chi connectivity index (χ1v) is 9.53. The number of hydrogen-bond acceptors (Lipinski definition) is 7. The third kappa shape index (κ3) is 3.06. The van der Waals surface area contributed by atoms with Crippen molar-refractivity contribution in [2.45, 2.75) is 18.8 Å². The predicted molar refractivity (Wildman–Crippen MR) is 110 cm³/mol. The number of benzene rings is 1. The van der Waals surface area contributed by atoms with Gasteiger partial charge < -0.3 is 4.74 Å². The summed E-state index contributed by atoms with van der Waals surface area (Å²) in [6.45, 7) is 2.94. The van der Waals surface area contributed by atoms with E-state index in [4.69, 9.17) is 9.84 Å². The molecule has 0 aliphatic carbocycles. The maximum atomic E-state index is 5.31. The molecule has 5 rings (SSSR count). The summed E-state index contributed by atoms with van der Waals surface area (Å²) in [6.07, 6.45) is 3.66. The number of methoxy groups -OCH3 is 1. The van der Waals surface area contributed by atoms with E-state index < -0.39 is 0 Å². The van der Waals surface area contributed by atoms with E-state index in [1.165, 1.54) is 0 Å². The van der Waals surface area contributed by atoms with Crippen LogP contribution in [0.3, 0.4) is 0 Å². The largest absolute Gasteiger partial charge is 0.495 e. The number of rotatable bonds is 4. The van der Waals surface area contributed by atoms with Crippen LogP contribution in [0.1, 0.15) is 35.8 Å². The van der Waals surface area contributed by atoms with Gasteiger partial charge in [0.1, 0.15) is 5.75 Å². The maximum Gasteiger partial charge on any atom is 0.177 e. The van der Waals surface area contributed by atoms with Crippen molar-refractivity contribution in [2.75, 3.05) is 20.7 Å². The first-order valence-electron chi connectivity index (χ1n) is 9.53. The van der Waals surface area contributed by atoms with Crippen molar-refractivity contribution in [3.05, 3.63) is 59.7 Å². The Bertz CT molecular complexity index is 1230. The summed E-state index contributed by atoms with van der Waals surface area (Å²) in [7, 11) is 3.61. The second-order valence-corrected chi connectivity index (χ2v) is 7.35. The molecule has 8 heteroatoms. The summed E-state index contributed by atoms with van der Waals surface area (Å²) in [5.74, 6) is 1.74. The fourth-order valence-corrected chi connectivity index (χ4v) is 3.69. The minimum atomic E-state index is 0.0169. The monoisotopic (exact) mass is 387 g/mol. The molecule has 0 N–H and O–H groups in total.